The standard InChI is InChI=1S/C8H17N5O3/c9-8-11-6-5(7(15)12-8)10-3-13(6)4-16-2-1-14/h5-6,8,10-11,14H,1-4,9H2,(H,12,15). The zero-order valence-electron chi connectivity index (χ0n) is 8.85. The van der Waals surface area contributed by atoms with Gasteiger partial charge < -0.3 is 15.2 Å². The molecule has 16 heavy (non-hydrogen) atoms. The quantitative estimate of drug-likeness (QED) is 0.319. The maximum Gasteiger partial charge on any atom is 0.242 e. The SMILES string of the molecule is NC1NC(=O)C2NCN(COCCO)C2N1. The summed E-state index contributed by atoms with van der Waals surface area (Å²) >= 11 is 0. The Bertz CT molecular complexity index is 264. The zero-order chi connectivity index (χ0) is 11.5. The molecule has 2 saturated heterocycles. The largest absolute Gasteiger partial charge is 0.394 e. The molecule has 0 aromatic heterocycles. The molecule has 0 aromatic carbocycles. The van der Waals surface area contributed by atoms with E-state index in [0.29, 0.717) is 13.4 Å². The van der Waals surface area contributed by atoms with Crippen LogP contribution in [-0.2, 0) is 9.53 Å². The Labute approximate surface area is 93.1 Å². The molecule has 0 aromatic rings. The van der Waals surface area contributed by atoms with Crippen LogP contribution in [0.15, 0.2) is 0 Å². The molecule has 0 bridgehead atoms. The minimum Gasteiger partial charge on any atom is -0.394 e. The topological polar surface area (TPSA) is 112 Å². The van der Waals surface area contributed by atoms with E-state index in [4.69, 9.17) is 15.6 Å². The summed E-state index contributed by atoms with van der Waals surface area (Å²) in [5, 5.41) is 17.3. The lowest BCUT2D eigenvalue weighted by atomic mass is 10.2. The highest BCUT2D eigenvalue weighted by molar-refractivity contribution is 5.83. The Hall–Kier alpha value is -0.770. The van der Waals surface area contributed by atoms with Crippen molar-refractivity contribution >= 4 is 5.91 Å². The van der Waals surface area contributed by atoms with Crippen molar-refractivity contribution < 1.29 is 14.6 Å². The molecule has 3 unspecified atom stereocenters. The maximum absolute atomic E-state index is 11.6. The first-order chi connectivity index (χ1) is 7.72. The average molecular weight is 231 g/mol. The fourth-order valence-corrected chi connectivity index (χ4v) is 1.92. The van der Waals surface area contributed by atoms with Crippen molar-refractivity contribution in [2.45, 2.75) is 18.5 Å². The van der Waals surface area contributed by atoms with Gasteiger partial charge in [-0.05, 0) is 0 Å². The van der Waals surface area contributed by atoms with Gasteiger partial charge in [0.2, 0.25) is 5.91 Å². The predicted octanol–water partition coefficient (Wildman–Crippen LogP) is -3.53. The van der Waals surface area contributed by atoms with Crippen LogP contribution in [0.4, 0.5) is 0 Å². The molecule has 2 aliphatic rings. The second-order valence-corrected chi connectivity index (χ2v) is 3.79. The van der Waals surface area contributed by atoms with Gasteiger partial charge in [-0.25, -0.2) is 0 Å². The van der Waals surface area contributed by atoms with Gasteiger partial charge in [0.25, 0.3) is 0 Å². The normalized spacial score (nSPS) is 34.9. The number of hydrogen-bond donors (Lipinski definition) is 5. The molecule has 0 saturated carbocycles. The summed E-state index contributed by atoms with van der Waals surface area (Å²) in [4.78, 5) is 13.5. The second-order valence-electron chi connectivity index (χ2n) is 3.79. The summed E-state index contributed by atoms with van der Waals surface area (Å²) in [5.41, 5.74) is 5.62. The molecule has 8 heteroatoms. The first-order valence-corrected chi connectivity index (χ1v) is 5.20. The fraction of sp³-hybridized carbons (Fsp3) is 0.875. The van der Waals surface area contributed by atoms with Crippen LogP contribution in [0.3, 0.4) is 0 Å². The number of aliphatic hydroxyl groups excluding tert-OH is 1. The lowest BCUT2D eigenvalue weighted by Crippen LogP contribution is -2.70. The molecule has 2 aliphatic heterocycles. The number of carbonyl (C=O) groups excluding carboxylic acids is 1. The summed E-state index contributed by atoms with van der Waals surface area (Å²) in [6, 6.07) is -0.308. The minimum absolute atomic E-state index is 0.0111. The van der Waals surface area contributed by atoms with Crippen molar-refractivity contribution in [1.29, 1.82) is 0 Å². The summed E-state index contributed by atoms with van der Waals surface area (Å²) in [6.45, 7) is 1.17. The molecule has 0 radical (unpaired) electrons. The molecular weight excluding hydrogens is 214 g/mol. The highest BCUT2D eigenvalue weighted by Gasteiger charge is 2.42. The van der Waals surface area contributed by atoms with Gasteiger partial charge in [0, 0.05) is 0 Å². The number of nitrogens with one attached hydrogen (secondary N) is 3. The second kappa shape index (κ2) is 5.04. The zero-order valence-corrected chi connectivity index (χ0v) is 8.85. The molecule has 92 valence electrons. The van der Waals surface area contributed by atoms with Crippen LogP contribution in [0.25, 0.3) is 0 Å². The third-order valence-corrected chi connectivity index (χ3v) is 2.65. The molecule has 2 heterocycles. The number of amides is 1. The number of carbonyl (C=O) groups is 1. The van der Waals surface area contributed by atoms with Gasteiger partial charge in [0.15, 0.2) is 0 Å². The van der Waals surface area contributed by atoms with Crippen molar-refractivity contribution in [1.82, 2.24) is 20.9 Å². The monoisotopic (exact) mass is 231 g/mol. The van der Waals surface area contributed by atoms with Gasteiger partial charge in [0.1, 0.15) is 19.1 Å². The van der Waals surface area contributed by atoms with E-state index in [1.54, 1.807) is 0 Å². The van der Waals surface area contributed by atoms with Crippen LogP contribution in [0.1, 0.15) is 0 Å². The summed E-state index contributed by atoms with van der Waals surface area (Å²) in [6.07, 6.45) is -0.698. The van der Waals surface area contributed by atoms with E-state index in [-0.39, 0.29) is 31.3 Å². The van der Waals surface area contributed by atoms with Gasteiger partial charge in [-0.1, -0.05) is 0 Å². The molecule has 1 amide bonds. The highest BCUT2D eigenvalue weighted by Crippen LogP contribution is 2.12. The Morgan fingerprint density at radius 3 is 3.19 bits per heavy atom. The third kappa shape index (κ3) is 2.32. The maximum atomic E-state index is 11.6. The van der Waals surface area contributed by atoms with Gasteiger partial charge in [-0.3, -0.25) is 26.1 Å². The molecule has 0 spiro atoms. The molecule has 3 atom stereocenters. The summed E-state index contributed by atoms with van der Waals surface area (Å²) in [5.74, 6) is -0.110. The number of nitrogens with two attached hydrogens (primary N) is 1. The van der Waals surface area contributed by atoms with Gasteiger partial charge in [0.05, 0.1) is 26.0 Å². The van der Waals surface area contributed by atoms with E-state index in [2.05, 4.69) is 16.0 Å². The minimum atomic E-state index is -0.533. The van der Waals surface area contributed by atoms with Gasteiger partial charge >= 0.3 is 0 Å². The Balaban J connectivity index is 1.89. The van der Waals surface area contributed by atoms with Crippen molar-refractivity contribution in [2.24, 2.45) is 5.73 Å². The Morgan fingerprint density at radius 1 is 1.62 bits per heavy atom. The van der Waals surface area contributed by atoms with Gasteiger partial charge in [-0.15, -0.1) is 0 Å². The van der Waals surface area contributed by atoms with Crippen molar-refractivity contribution in [3.05, 3.63) is 0 Å². The lowest BCUT2D eigenvalue weighted by molar-refractivity contribution is -0.127. The van der Waals surface area contributed by atoms with Crippen LogP contribution < -0.4 is 21.7 Å². The number of rotatable bonds is 4. The van der Waals surface area contributed by atoms with Crippen LogP contribution in [0, 0.1) is 0 Å². The molecule has 6 N–H and O–H groups in total. The van der Waals surface area contributed by atoms with E-state index in [9.17, 15) is 4.79 Å². The highest BCUT2D eigenvalue weighted by atomic mass is 16.5. The van der Waals surface area contributed by atoms with E-state index in [0.717, 1.165) is 0 Å². The number of aliphatic hydroxyl groups is 1. The first kappa shape index (κ1) is 11.7. The summed E-state index contributed by atoms with van der Waals surface area (Å²) in [7, 11) is 0. The Morgan fingerprint density at radius 2 is 2.44 bits per heavy atom. The lowest BCUT2D eigenvalue weighted by Gasteiger charge is -2.34. The Kier molecular flexibility index (Phi) is 3.69. The fourth-order valence-electron chi connectivity index (χ4n) is 1.92. The summed E-state index contributed by atoms with van der Waals surface area (Å²) < 4.78 is 5.21. The molecule has 0 aliphatic carbocycles. The van der Waals surface area contributed by atoms with Crippen molar-refractivity contribution in [3.63, 3.8) is 0 Å². The van der Waals surface area contributed by atoms with E-state index < -0.39 is 6.29 Å². The molecule has 2 fully saturated rings. The average Bonchev–Trinajstić information content (AvgIpc) is 2.62. The third-order valence-electron chi connectivity index (χ3n) is 2.65. The van der Waals surface area contributed by atoms with E-state index in [1.807, 2.05) is 4.90 Å². The number of ether oxygens (including phenoxy) is 1. The van der Waals surface area contributed by atoms with Crippen molar-refractivity contribution in [2.75, 3.05) is 26.6 Å². The van der Waals surface area contributed by atoms with Crippen LogP contribution in [0.2, 0.25) is 0 Å². The smallest absolute Gasteiger partial charge is 0.242 e. The van der Waals surface area contributed by atoms with Crippen LogP contribution in [0.5, 0.6) is 0 Å². The van der Waals surface area contributed by atoms with Gasteiger partial charge in [-0.2, -0.15) is 0 Å². The van der Waals surface area contributed by atoms with E-state index in [1.165, 1.54) is 0 Å². The molecular formula is C8H17N5O3. The molecule has 8 nitrogen and oxygen atoms in total. The predicted molar refractivity (Wildman–Crippen MR) is 54.6 cm³/mol. The van der Waals surface area contributed by atoms with Crippen LogP contribution in [-0.4, -0.2) is 61.0 Å². The van der Waals surface area contributed by atoms with E-state index >= 15 is 0 Å². The number of hydrogen-bond acceptors (Lipinski definition) is 7. The first-order valence-electron chi connectivity index (χ1n) is 5.20. The number of fused-ring (bicyclic) bond motifs is 1. The number of nitrogens with zero attached hydrogens (tertiary/aromatic N) is 1. The molecule has 2 rings (SSSR count). The van der Waals surface area contributed by atoms with Crippen LogP contribution >= 0.6 is 0 Å². The van der Waals surface area contributed by atoms with Crippen molar-refractivity contribution in [3.8, 4) is 0 Å².